The number of aryl methyl sites for hydroxylation is 1. The van der Waals surface area contributed by atoms with Gasteiger partial charge in [-0.2, -0.15) is 4.98 Å². The lowest BCUT2D eigenvalue weighted by molar-refractivity contribution is 0.313. The van der Waals surface area contributed by atoms with Crippen LogP contribution < -0.4 is 15.8 Å². The molecule has 10 heteroatoms. The first-order valence-electron chi connectivity index (χ1n) is 13.3. The van der Waals surface area contributed by atoms with E-state index in [1.54, 1.807) is 17.0 Å². The van der Waals surface area contributed by atoms with Crippen LogP contribution in [0.2, 0.25) is 5.02 Å². The number of anilines is 3. The highest BCUT2D eigenvalue weighted by atomic mass is 35.5. The molecule has 1 aliphatic heterocycles. The monoisotopic (exact) mass is 552 g/mol. The second-order valence-electron chi connectivity index (χ2n) is 9.83. The lowest BCUT2D eigenvalue weighted by Gasteiger charge is -2.34. The number of pyridine rings is 1. The zero-order chi connectivity index (χ0) is 27.6. The molecule has 6 rings (SSSR count). The minimum Gasteiger partial charge on any atom is -0.369 e. The van der Waals surface area contributed by atoms with Crippen molar-refractivity contribution >= 4 is 40.0 Å². The average Bonchev–Trinajstić information content (AvgIpc) is 2.98. The predicted octanol–water partition coefficient (Wildman–Crippen LogP) is 5.08. The number of nitrogens with one attached hydrogen (secondary N) is 1. The zero-order valence-electron chi connectivity index (χ0n) is 22.4. The van der Waals surface area contributed by atoms with E-state index in [9.17, 15) is 4.79 Å². The van der Waals surface area contributed by atoms with Crippen LogP contribution in [0.25, 0.3) is 33.4 Å². The highest BCUT2D eigenvalue weighted by Gasteiger charge is 2.17. The maximum Gasteiger partial charge on any atom is 0.260 e. The van der Waals surface area contributed by atoms with Gasteiger partial charge in [0, 0.05) is 83.6 Å². The largest absolute Gasteiger partial charge is 0.369 e. The average molecular weight is 553 g/mol. The second-order valence-corrected chi connectivity index (χ2v) is 10.2. The minimum absolute atomic E-state index is 0.159. The van der Waals surface area contributed by atoms with Crippen LogP contribution in [0.15, 0.2) is 78.1 Å². The van der Waals surface area contributed by atoms with Crippen LogP contribution in [-0.4, -0.2) is 62.6 Å². The van der Waals surface area contributed by atoms with E-state index < -0.39 is 0 Å². The number of halogens is 1. The van der Waals surface area contributed by atoms with Gasteiger partial charge in [-0.25, -0.2) is 15.0 Å². The van der Waals surface area contributed by atoms with Gasteiger partial charge in [-0.1, -0.05) is 23.7 Å². The first kappa shape index (κ1) is 25.9. The number of benzene rings is 2. The molecule has 1 aliphatic rings. The van der Waals surface area contributed by atoms with Crippen LogP contribution in [0.3, 0.4) is 0 Å². The molecule has 0 spiro atoms. The first-order chi connectivity index (χ1) is 19.5. The number of rotatable bonds is 6. The summed E-state index contributed by atoms with van der Waals surface area (Å²) in [5.74, 6) is 0.432. The third-order valence-electron chi connectivity index (χ3n) is 7.27. The Hall–Kier alpha value is -4.34. The van der Waals surface area contributed by atoms with E-state index in [-0.39, 0.29) is 5.56 Å². The summed E-state index contributed by atoms with van der Waals surface area (Å²) in [6.07, 6.45) is 4.91. The highest BCUT2D eigenvalue weighted by molar-refractivity contribution is 6.33. The van der Waals surface area contributed by atoms with Crippen molar-refractivity contribution in [3.63, 3.8) is 0 Å². The maximum atomic E-state index is 13.6. The molecular weight excluding hydrogens is 524 g/mol. The van der Waals surface area contributed by atoms with E-state index in [0.717, 1.165) is 48.5 Å². The van der Waals surface area contributed by atoms with Gasteiger partial charge in [0.1, 0.15) is 12.0 Å². The summed E-state index contributed by atoms with van der Waals surface area (Å²) in [4.78, 5) is 35.8. The molecule has 0 saturated carbocycles. The molecule has 4 heterocycles. The molecule has 202 valence electrons. The topological polar surface area (TPSA) is 92.1 Å². The molecule has 1 N–H and O–H groups in total. The van der Waals surface area contributed by atoms with Crippen molar-refractivity contribution in [3.05, 3.63) is 88.7 Å². The van der Waals surface area contributed by atoms with Gasteiger partial charge in [0.25, 0.3) is 5.56 Å². The number of hydrogen-bond acceptors (Lipinski definition) is 8. The van der Waals surface area contributed by atoms with Crippen LogP contribution in [0, 0.1) is 0 Å². The molecule has 0 amide bonds. The molecule has 0 radical (unpaired) electrons. The molecule has 2 aromatic carbocycles. The summed E-state index contributed by atoms with van der Waals surface area (Å²) in [7, 11) is 2.15. The number of likely N-dealkylation sites (N-methyl/N-ethyl adjacent to an activating group) is 1. The molecule has 1 saturated heterocycles. The fourth-order valence-corrected chi connectivity index (χ4v) is 5.29. The van der Waals surface area contributed by atoms with Crippen LogP contribution in [0.1, 0.15) is 6.92 Å². The summed E-state index contributed by atoms with van der Waals surface area (Å²) >= 11 is 6.68. The van der Waals surface area contributed by atoms with Gasteiger partial charge in [0.05, 0.1) is 5.69 Å². The number of hydrogen-bond donors (Lipinski definition) is 1. The Kier molecular flexibility index (Phi) is 7.15. The van der Waals surface area contributed by atoms with E-state index in [0.29, 0.717) is 34.3 Å². The maximum absolute atomic E-state index is 13.6. The van der Waals surface area contributed by atoms with E-state index in [2.05, 4.69) is 49.2 Å². The Bertz CT molecular complexity index is 1710. The molecule has 0 atom stereocenters. The SMILES string of the molecule is CCn1c(=O)c(-c2ccc(-c3ccncn3)cc2Cl)cc2cnc(Nc3ccc(N4CCN(C)CC4)cc3)nc21. The van der Waals surface area contributed by atoms with Crippen LogP contribution >= 0.6 is 11.6 Å². The molecule has 9 nitrogen and oxygen atoms in total. The minimum atomic E-state index is -0.159. The van der Waals surface area contributed by atoms with Crippen molar-refractivity contribution in [2.45, 2.75) is 13.5 Å². The van der Waals surface area contributed by atoms with E-state index in [1.807, 2.05) is 49.4 Å². The smallest absolute Gasteiger partial charge is 0.260 e. The van der Waals surface area contributed by atoms with Gasteiger partial charge in [-0.15, -0.1) is 0 Å². The number of piperazine rings is 1. The van der Waals surface area contributed by atoms with Crippen molar-refractivity contribution in [2.24, 2.45) is 0 Å². The third kappa shape index (κ3) is 5.13. The van der Waals surface area contributed by atoms with E-state index in [1.165, 1.54) is 12.0 Å². The van der Waals surface area contributed by atoms with Gasteiger partial charge < -0.3 is 15.1 Å². The van der Waals surface area contributed by atoms with Crippen molar-refractivity contribution < 1.29 is 0 Å². The quantitative estimate of drug-likeness (QED) is 0.312. The van der Waals surface area contributed by atoms with E-state index in [4.69, 9.17) is 16.6 Å². The van der Waals surface area contributed by atoms with Crippen LogP contribution in [0.5, 0.6) is 0 Å². The molecule has 0 aliphatic carbocycles. The zero-order valence-corrected chi connectivity index (χ0v) is 23.1. The van der Waals surface area contributed by atoms with Crippen molar-refractivity contribution in [2.75, 3.05) is 43.4 Å². The number of aromatic nitrogens is 5. The Labute approximate surface area is 237 Å². The van der Waals surface area contributed by atoms with Crippen molar-refractivity contribution in [3.8, 4) is 22.4 Å². The summed E-state index contributed by atoms with van der Waals surface area (Å²) in [5.41, 5.74) is 5.25. The van der Waals surface area contributed by atoms with Crippen LogP contribution in [-0.2, 0) is 6.54 Å². The first-order valence-corrected chi connectivity index (χ1v) is 13.7. The lowest BCUT2D eigenvalue weighted by atomic mass is 10.0. The molecular formula is C30H29ClN8O. The Morgan fingerprint density at radius 3 is 2.45 bits per heavy atom. The fraction of sp³-hybridized carbons (Fsp3) is 0.233. The lowest BCUT2D eigenvalue weighted by Crippen LogP contribution is -2.44. The molecule has 5 aromatic rings. The van der Waals surface area contributed by atoms with Gasteiger partial charge in [-0.3, -0.25) is 9.36 Å². The molecule has 40 heavy (non-hydrogen) atoms. The molecule has 1 fully saturated rings. The summed E-state index contributed by atoms with van der Waals surface area (Å²) in [6.45, 7) is 6.54. The summed E-state index contributed by atoms with van der Waals surface area (Å²) in [5, 5.41) is 4.51. The second kappa shape index (κ2) is 11.0. The predicted molar refractivity (Wildman–Crippen MR) is 160 cm³/mol. The molecule has 3 aromatic heterocycles. The molecule has 0 unspecified atom stereocenters. The van der Waals surface area contributed by atoms with E-state index >= 15 is 0 Å². The Morgan fingerprint density at radius 1 is 0.950 bits per heavy atom. The summed E-state index contributed by atoms with van der Waals surface area (Å²) in [6, 6.07) is 17.5. The number of fused-ring (bicyclic) bond motifs is 1. The normalized spacial score (nSPS) is 14.0. The van der Waals surface area contributed by atoms with Gasteiger partial charge in [-0.05, 0) is 56.4 Å². The van der Waals surface area contributed by atoms with Crippen molar-refractivity contribution in [1.29, 1.82) is 0 Å². The fourth-order valence-electron chi connectivity index (χ4n) is 5.01. The van der Waals surface area contributed by atoms with Crippen LogP contribution in [0.4, 0.5) is 17.3 Å². The highest BCUT2D eigenvalue weighted by Crippen LogP contribution is 2.31. The standard InChI is InChI=1S/C30H29ClN8O/c1-3-39-28-21(16-25(29(39)40)24-9-4-20(17-26(24)31)27-10-11-32-19-34-27)18-33-30(36-28)35-22-5-7-23(8-6-22)38-14-12-37(2)13-15-38/h4-11,16-19H,3,12-15H2,1-2H3,(H,33,35,36). The Morgan fingerprint density at radius 2 is 1.75 bits per heavy atom. The Balaban J connectivity index is 1.28. The van der Waals surface area contributed by atoms with Crippen molar-refractivity contribution in [1.82, 2.24) is 29.4 Å². The number of nitrogens with zero attached hydrogens (tertiary/aromatic N) is 7. The van der Waals surface area contributed by atoms with Gasteiger partial charge >= 0.3 is 0 Å². The summed E-state index contributed by atoms with van der Waals surface area (Å²) < 4.78 is 1.66. The molecule has 0 bridgehead atoms. The third-order valence-corrected chi connectivity index (χ3v) is 7.58. The van der Waals surface area contributed by atoms with Gasteiger partial charge in [0.2, 0.25) is 5.95 Å². The van der Waals surface area contributed by atoms with Gasteiger partial charge in [0.15, 0.2) is 0 Å².